The Morgan fingerprint density at radius 2 is 1.97 bits per heavy atom. The number of benzene rings is 1. The molecule has 148 valence electrons. The Bertz CT molecular complexity index is 1090. The smallest absolute Gasteiger partial charge is 0.262 e. The average molecular weight is 433 g/mol. The van der Waals surface area contributed by atoms with Crippen molar-refractivity contribution in [3.8, 4) is 10.4 Å². The molecule has 0 aliphatic heterocycles. The zero-order valence-electron chi connectivity index (χ0n) is 15.2. The number of allylic oxidation sites excluding steroid dienone is 2. The van der Waals surface area contributed by atoms with E-state index in [0.29, 0.717) is 15.8 Å². The quantitative estimate of drug-likeness (QED) is 0.374. The first kappa shape index (κ1) is 20.7. The van der Waals surface area contributed by atoms with Crippen LogP contribution in [0.15, 0.2) is 61.5 Å². The second kappa shape index (κ2) is 8.98. The number of carbonyl (C=O) groups excluding carboxylic acids is 1. The number of methoxy groups -OCH3 is 1. The molecule has 0 bridgehead atoms. The summed E-state index contributed by atoms with van der Waals surface area (Å²) in [5, 5.41) is 3.42. The van der Waals surface area contributed by atoms with Crippen molar-refractivity contribution in [2.75, 3.05) is 12.4 Å². The molecule has 0 radical (unpaired) electrons. The fourth-order valence-corrected chi connectivity index (χ4v) is 3.82. The lowest BCUT2D eigenvalue weighted by molar-refractivity contribution is 0.101. The van der Waals surface area contributed by atoms with E-state index in [1.807, 2.05) is 12.1 Å². The molecule has 0 fully saturated rings. The molecule has 29 heavy (non-hydrogen) atoms. The summed E-state index contributed by atoms with van der Waals surface area (Å²) >= 11 is 7.56. The van der Waals surface area contributed by atoms with Gasteiger partial charge in [-0.15, -0.1) is 11.3 Å². The van der Waals surface area contributed by atoms with Gasteiger partial charge in [0.05, 0.1) is 24.5 Å². The first-order valence-electron chi connectivity index (χ1n) is 8.31. The van der Waals surface area contributed by atoms with Crippen LogP contribution < -0.4 is 5.32 Å². The molecule has 0 aliphatic rings. The molecule has 4 nitrogen and oxygen atoms in total. The molecule has 0 aliphatic carbocycles. The minimum absolute atomic E-state index is 0.413. The van der Waals surface area contributed by atoms with Crippen molar-refractivity contribution in [2.45, 2.75) is 0 Å². The minimum Gasteiger partial charge on any atom is -0.496 e. The number of hydrogen-bond donors (Lipinski definition) is 1. The molecular weight excluding hydrogens is 418 g/mol. The first-order chi connectivity index (χ1) is 13.9. The zero-order chi connectivity index (χ0) is 21.0. The van der Waals surface area contributed by atoms with Gasteiger partial charge in [-0.2, -0.15) is 0 Å². The molecule has 1 aromatic carbocycles. The molecule has 1 amide bonds. The zero-order valence-corrected chi connectivity index (χ0v) is 16.8. The second-order valence-electron chi connectivity index (χ2n) is 5.76. The number of pyridine rings is 1. The lowest BCUT2D eigenvalue weighted by atomic mass is 10.1. The highest BCUT2D eigenvalue weighted by Crippen LogP contribution is 2.37. The summed E-state index contributed by atoms with van der Waals surface area (Å²) in [5.41, 5.74) is 0.837. The van der Waals surface area contributed by atoms with Crippen molar-refractivity contribution >= 4 is 39.6 Å². The van der Waals surface area contributed by atoms with Gasteiger partial charge >= 0.3 is 0 Å². The molecule has 2 aromatic heterocycles. The van der Waals surface area contributed by atoms with Crippen molar-refractivity contribution in [1.82, 2.24) is 4.98 Å². The van der Waals surface area contributed by atoms with Crippen LogP contribution in [-0.2, 0) is 4.74 Å². The van der Waals surface area contributed by atoms with Crippen LogP contribution in [0.3, 0.4) is 0 Å². The van der Waals surface area contributed by atoms with Crippen molar-refractivity contribution in [3.63, 3.8) is 0 Å². The highest BCUT2D eigenvalue weighted by Gasteiger charge is 2.19. The van der Waals surface area contributed by atoms with Gasteiger partial charge in [0.25, 0.3) is 5.91 Å². The Morgan fingerprint density at radius 1 is 1.24 bits per heavy atom. The molecule has 2 heterocycles. The number of aromatic nitrogens is 1. The topological polar surface area (TPSA) is 51.2 Å². The maximum absolute atomic E-state index is 13.7. The number of nitrogens with zero attached hydrogens (tertiary/aromatic N) is 1. The van der Waals surface area contributed by atoms with Gasteiger partial charge in [-0.1, -0.05) is 24.3 Å². The molecule has 0 saturated carbocycles. The monoisotopic (exact) mass is 432 g/mol. The maximum Gasteiger partial charge on any atom is 0.262 e. The maximum atomic E-state index is 13.7. The molecule has 0 saturated heterocycles. The van der Waals surface area contributed by atoms with E-state index in [4.69, 9.17) is 16.3 Å². The molecule has 0 unspecified atom stereocenters. The van der Waals surface area contributed by atoms with Crippen molar-refractivity contribution in [2.24, 2.45) is 0 Å². The van der Waals surface area contributed by atoms with Crippen LogP contribution >= 0.6 is 22.9 Å². The number of thiophene rings is 1. The van der Waals surface area contributed by atoms with Gasteiger partial charge in [0.15, 0.2) is 11.6 Å². The van der Waals surface area contributed by atoms with E-state index in [0.717, 1.165) is 28.4 Å². The third-order valence-corrected chi connectivity index (χ3v) is 5.29. The molecular formula is C21H15ClF2N2O2S. The number of amides is 1. The molecule has 3 rings (SSSR count). The number of ether oxygens (including phenoxy) is 1. The van der Waals surface area contributed by atoms with Crippen LogP contribution in [0.4, 0.5) is 13.8 Å². The molecule has 0 spiro atoms. The van der Waals surface area contributed by atoms with Crippen LogP contribution in [0, 0.1) is 11.6 Å². The van der Waals surface area contributed by atoms with Crippen LogP contribution in [0.2, 0.25) is 5.02 Å². The summed E-state index contributed by atoms with van der Waals surface area (Å²) in [6.45, 7) is 3.66. The number of rotatable bonds is 6. The van der Waals surface area contributed by atoms with Crippen molar-refractivity contribution < 1.29 is 18.3 Å². The third kappa shape index (κ3) is 4.52. The van der Waals surface area contributed by atoms with Gasteiger partial charge in [-0.05, 0) is 36.4 Å². The molecule has 8 heteroatoms. The van der Waals surface area contributed by atoms with E-state index < -0.39 is 23.1 Å². The summed E-state index contributed by atoms with van der Waals surface area (Å²) in [5.74, 6) is -2.34. The molecule has 1 N–H and O–H groups in total. The predicted octanol–water partition coefficient (Wildman–Crippen LogP) is 6.17. The first-order valence-corrected chi connectivity index (χ1v) is 9.51. The van der Waals surface area contributed by atoms with E-state index in [1.54, 1.807) is 37.5 Å². The normalized spacial score (nSPS) is 11.2. The van der Waals surface area contributed by atoms with Gasteiger partial charge in [-0.3, -0.25) is 9.78 Å². The van der Waals surface area contributed by atoms with Crippen molar-refractivity contribution in [3.05, 3.63) is 89.2 Å². The number of halogens is 3. The largest absolute Gasteiger partial charge is 0.496 e. The van der Waals surface area contributed by atoms with Gasteiger partial charge in [-0.25, -0.2) is 8.78 Å². The number of nitrogens with one attached hydrogen (secondary N) is 1. The predicted molar refractivity (Wildman–Crippen MR) is 112 cm³/mol. The van der Waals surface area contributed by atoms with Gasteiger partial charge in [0, 0.05) is 21.0 Å². The second-order valence-corrected chi connectivity index (χ2v) is 7.25. The summed E-state index contributed by atoms with van der Waals surface area (Å²) in [6.07, 6.45) is 4.91. The minimum atomic E-state index is -1.03. The Balaban J connectivity index is 1.89. The summed E-state index contributed by atoms with van der Waals surface area (Å²) in [4.78, 5) is 16.4. The van der Waals surface area contributed by atoms with Crippen LogP contribution in [0.5, 0.6) is 0 Å². The van der Waals surface area contributed by atoms with Gasteiger partial charge in [0.1, 0.15) is 11.3 Å². The molecule has 0 atom stereocenters. The van der Waals surface area contributed by atoms with E-state index in [9.17, 15) is 13.6 Å². The molecule has 3 aromatic rings. The SMILES string of the molecule is C=C/C=C(\OC)c1ccc(Cl)c(-c2ccc(NC(=O)c3c(F)cncc3F)s2)c1. The van der Waals surface area contributed by atoms with Crippen LogP contribution in [-0.4, -0.2) is 18.0 Å². The van der Waals surface area contributed by atoms with Crippen molar-refractivity contribution in [1.29, 1.82) is 0 Å². The fourth-order valence-electron chi connectivity index (χ4n) is 2.61. The average Bonchev–Trinajstić information content (AvgIpc) is 3.14. The van der Waals surface area contributed by atoms with Crippen LogP contribution in [0.1, 0.15) is 15.9 Å². The highest BCUT2D eigenvalue weighted by molar-refractivity contribution is 7.19. The van der Waals surface area contributed by atoms with Crippen LogP contribution in [0.25, 0.3) is 16.2 Å². The van der Waals surface area contributed by atoms with E-state index in [-0.39, 0.29) is 0 Å². The number of anilines is 1. The fraction of sp³-hybridized carbons (Fsp3) is 0.0476. The van der Waals surface area contributed by atoms with Gasteiger partial charge < -0.3 is 10.1 Å². The van der Waals surface area contributed by atoms with E-state index >= 15 is 0 Å². The number of hydrogen-bond acceptors (Lipinski definition) is 4. The third-order valence-electron chi connectivity index (χ3n) is 3.93. The Morgan fingerprint density at radius 3 is 2.62 bits per heavy atom. The van der Waals surface area contributed by atoms with E-state index in [2.05, 4.69) is 16.9 Å². The summed E-state index contributed by atoms with van der Waals surface area (Å²) in [7, 11) is 1.56. The number of carbonyl (C=O) groups is 1. The summed E-state index contributed by atoms with van der Waals surface area (Å²) < 4.78 is 32.8. The lowest BCUT2D eigenvalue weighted by Crippen LogP contribution is -2.15. The van der Waals surface area contributed by atoms with Gasteiger partial charge in [0.2, 0.25) is 0 Å². The highest BCUT2D eigenvalue weighted by atomic mass is 35.5. The Kier molecular flexibility index (Phi) is 6.41. The Labute approximate surface area is 175 Å². The van der Waals surface area contributed by atoms with E-state index in [1.165, 1.54) is 11.3 Å². The Hall–Kier alpha value is -3.03. The summed E-state index contributed by atoms with van der Waals surface area (Å²) in [6, 6.07) is 8.79. The standard InChI is InChI=1S/C21H15ClF2N2O2S/c1-3-4-17(28-2)12-5-6-14(22)13(9-12)18-7-8-19(29-18)26-21(27)20-15(23)10-25-11-16(20)24/h3-11H,1H2,2H3,(H,26,27)/b17-4-. The lowest BCUT2D eigenvalue weighted by Gasteiger charge is -2.09.